The first kappa shape index (κ1) is 12.9. The lowest BCUT2D eigenvalue weighted by atomic mass is 9.73. The van der Waals surface area contributed by atoms with Gasteiger partial charge in [0.15, 0.2) is 0 Å². The zero-order valence-electron chi connectivity index (χ0n) is 12.3. The average Bonchev–Trinajstić information content (AvgIpc) is 2.17. The summed E-state index contributed by atoms with van der Waals surface area (Å²) in [6.07, 6.45) is 2.77. The highest BCUT2D eigenvalue weighted by Gasteiger charge is 2.49. The molecule has 3 rings (SSSR count). The summed E-state index contributed by atoms with van der Waals surface area (Å²) in [6.45, 7) is 14.9. The third-order valence-corrected chi connectivity index (χ3v) is 5.18. The van der Waals surface area contributed by atoms with Gasteiger partial charge in [0.05, 0.1) is 0 Å². The Morgan fingerprint density at radius 3 is 2.50 bits per heavy atom. The van der Waals surface area contributed by atoms with Gasteiger partial charge in [-0.1, -0.05) is 13.8 Å². The molecule has 0 bridgehead atoms. The fraction of sp³-hybridized carbons (Fsp3) is 1.00. The van der Waals surface area contributed by atoms with E-state index < -0.39 is 0 Å². The van der Waals surface area contributed by atoms with Crippen LogP contribution >= 0.6 is 0 Å². The molecule has 18 heavy (non-hydrogen) atoms. The minimum Gasteiger partial charge on any atom is -0.315 e. The zero-order chi connectivity index (χ0) is 12.8. The van der Waals surface area contributed by atoms with Crippen LogP contribution in [0.2, 0.25) is 0 Å². The second-order valence-corrected chi connectivity index (χ2v) is 7.42. The molecule has 3 nitrogen and oxygen atoms in total. The Hall–Kier alpha value is -0.120. The van der Waals surface area contributed by atoms with Gasteiger partial charge in [-0.15, -0.1) is 0 Å². The highest BCUT2D eigenvalue weighted by atomic mass is 15.3. The van der Waals surface area contributed by atoms with Crippen LogP contribution in [-0.2, 0) is 0 Å². The molecule has 3 fully saturated rings. The van der Waals surface area contributed by atoms with Crippen molar-refractivity contribution in [2.75, 3.05) is 39.3 Å². The molecule has 3 heteroatoms. The van der Waals surface area contributed by atoms with Crippen molar-refractivity contribution in [3.05, 3.63) is 0 Å². The maximum Gasteiger partial charge on any atom is 0.0207 e. The van der Waals surface area contributed by atoms with E-state index in [0.29, 0.717) is 5.41 Å². The number of nitrogens with one attached hydrogen (secondary N) is 1. The first-order valence-corrected chi connectivity index (χ1v) is 7.77. The van der Waals surface area contributed by atoms with E-state index in [1.807, 2.05) is 0 Å². The van der Waals surface area contributed by atoms with Crippen LogP contribution < -0.4 is 5.32 Å². The van der Waals surface area contributed by atoms with E-state index in [0.717, 1.165) is 18.0 Å². The third kappa shape index (κ3) is 2.33. The monoisotopic (exact) mass is 251 g/mol. The normalized spacial score (nSPS) is 36.7. The van der Waals surface area contributed by atoms with Crippen molar-refractivity contribution in [3.8, 4) is 0 Å². The van der Waals surface area contributed by atoms with Crippen LogP contribution in [0, 0.1) is 11.3 Å². The van der Waals surface area contributed by atoms with Crippen LogP contribution in [-0.4, -0.2) is 61.2 Å². The number of piperidine rings is 1. The summed E-state index contributed by atoms with van der Waals surface area (Å²) in [4.78, 5) is 5.45. The summed E-state index contributed by atoms with van der Waals surface area (Å²) in [7, 11) is 0. The van der Waals surface area contributed by atoms with Crippen molar-refractivity contribution < 1.29 is 0 Å². The maximum atomic E-state index is 3.43. The van der Waals surface area contributed by atoms with Gasteiger partial charge in [-0.3, -0.25) is 4.90 Å². The lowest BCUT2D eigenvalue weighted by Gasteiger charge is -2.59. The predicted molar refractivity (Wildman–Crippen MR) is 75.8 cm³/mol. The fourth-order valence-electron chi connectivity index (χ4n) is 4.04. The van der Waals surface area contributed by atoms with Gasteiger partial charge in [-0.2, -0.15) is 0 Å². The summed E-state index contributed by atoms with van der Waals surface area (Å²) in [5, 5.41) is 3.43. The van der Waals surface area contributed by atoms with Crippen molar-refractivity contribution in [1.82, 2.24) is 15.1 Å². The molecule has 0 saturated carbocycles. The number of nitrogens with zero attached hydrogens (tertiary/aromatic N) is 2. The molecule has 3 saturated heterocycles. The summed E-state index contributed by atoms with van der Waals surface area (Å²) >= 11 is 0. The van der Waals surface area contributed by atoms with E-state index in [1.165, 1.54) is 52.1 Å². The number of hydrogen-bond acceptors (Lipinski definition) is 3. The Morgan fingerprint density at radius 1 is 1.28 bits per heavy atom. The lowest BCUT2D eigenvalue weighted by Crippen LogP contribution is -2.73. The quantitative estimate of drug-likeness (QED) is 0.818. The molecule has 3 aliphatic heterocycles. The van der Waals surface area contributed by atoms with Crippen LogP contribution in [0.3, 0.4) is 0 Å². The first-order valence-electron chi connectivity index (χ1n) is 7.77. The third-order valence-electron chi connectivity index (χ3n) is 5.18. The Labute approximate surface area is 112 Å². The van der Waals surface area contributed by atoms with E-state index in [9.17, 15) is 0 Å². The number of likely N-dealkylation sites (tertiary alicyclic amines) is 2. The molecule has 0 aromatic heterocycles. The molecule has 1 N–H and O–H groups in total. The topological polar surface area (TPSA) is 18.5 Å². The standard InChI is InChI=1S/C15H29N3/c1-12(2)7-17-5-4-14(6-13(17)3)18-10-15(11-18)8-16-9-15/h12-14,16H,4-11H2,1-3H3. The molecule has 2 unspecified atom stereocenters. The van der Waals surface area contributed by atoms with Crippen LogP contribution in [0.1, 0.15) is 33.6 Å². The second kappa shape index (κ2) is 4.77. The van der Waals surface area contributed by atoms with E-state index in [-0.39, 0.29) is 0 Å². The molecule has 0 aliphatic carbocycles. The van der Waals surface area contributed by atoms with Gasteiger partial charge in [-0.05, 0) is 32.2 Å². The molecule has 1 spiro atoms. The summed E-state index contributed by atoms with van der Waals surface area (Å²) in [6, 6.07) is 1.65. The second-order valence-electron chi connectivity index (χ2n) is 7.42. The molecule has 0 radical (unpaired) electrons. The molecule has 104 valence electrons. The molecule has 0 aromatic rings. The fourth-order valence-corrected chi connectivity index (χ4v) is 4.04. The van der Waals surface area contributed by atoms with Crippen LogP contribution in [0.25, 0.3) is 0 Å². The first-order chi connectivity index (χ1) is 8.58. The van der Waals surface area contributed by atoms with Crippen LogP contribution in [0.5, 0.6) is 0 Å². The molecular formula is C15H29N3. The molecule has 3 heterocycles. The van der Waals surface area contributed by atoms with E-state index in [1.54, 1.807) is 0 Å². The van der Waals surface area contributed by atoms with Crippen LogP contribution in [0.4, 0.5) is 0 Å². The van der Waals surface area contributed by atoms with Crippen molar-refractivity contribution in [3.63, 3.8) is 0 Å². The van der Waals surface area contributed by atoms with Gasteiger partial charge in [0.2, 0.25) is 0 Å². The number of hydrogen-bond donors (Lipinski definition) is 1. The summed E-state index contributed by atoms with van der Waals surface area (Å²) < 4.78 is 0. The lowest BCUT2D eigenvalue weighted by molar-refractivity contribution is -0.0828. The van der Waals surface area contributed by atoms with Gasteiger partial charge in [-0.25, -0.2) is 0 Å². The van der Waals surface area contributed by atoms with Gasteiger partial charge >= 0.3 is 0 Å². The summed E-state index contributed by atoms with van der Waals surface area (Å²) in [5.74, 6) is 0.803. The maximum absolute atomic E-state index is 3.43. The Morgan fingerprint density at radius 2 is 2.00 bits per heavy atom. The van der Waals surface area contributed by atoms with Crippen molar-refractivity contribution in [1.29, 1.82) is 0 Å². The minimum absolute atomic E-state index is 0.693. The highest BCUT2D eigenvalue weighted by molar-refractivity contribution is 5.06. The number of rotatable bonds is 3. The minimum atomic E-state index is 0.693. The van der Waals surface area contributed by atoms with Crippen LogP contribution in [0.15, 0.2) is 0 Å². The molecule has 0 amide bonds. The van der Waals surface area contributed by atoms with Crippen molar-refractivity contribution in [2.24, 2.45) is 11.3 Å². The predicted octanol–water partition coefficient (Wildman–Crippen LogP) is 1.40. The largest absolute Gasteiger partial charge is 0.315 e. The Kier molecular flexibility index (Phi) is 3.41. The van der Waals surface area contributed by atoms with E-state index in [2.05, 4.69) is 35.9 Å². The molecule has 3 aliphatic rings. The van der Waals surface area contributed by atoms with Crippen molar-refractivity contribution in [2.45, 2.75) is 45.7 Å². The SMILES string of the molecule is CC(C)CN1CCC(N2CC3(CNC3)C2)CC1C. The van der Waals surface area contributed by atoms with Gasteiger partial charge in [0, 0.05) is 50.2 Å². The molecular weight excluding hydrogens is 222 g/mol. The van der Waals surface area contributed by atoms with Crippen molar-refractivity contribution >= 4 is 0 Å². The highest BCUT2D eigenvalue weighted by Crippen LogP contribution is 2.38. The molecule has 0 aromatic carbocycles. The summed E-state index contributed by atoms with van der Waals surface area (Å²) in [5.41, 5.74) is 0.693. The Balaban J connectivity index is 1.47. The Bertz CT molecular complexity index is 290. The zero-order valence-corrected chi connectivity index (χ0v) is 12.3. The smallest absolute Gasteiger partial charge is 0.0207 e. The van der Waals surface area contributed by atoms with Gasteiger partial charge < -0.3 is 10.2 Å². The van der Waals surface area contributed by atoms with Gasteiger partial charge in [0.1, 0.15) is 0 Å². The molecule has 2 atom stereocenters. The van der Waals surface area contributed by atoms with E-state index in [4.69, 9.17) is 0 Å². The van der Waals surface area contributed by atoms with Gasteiger partial charge in [0.25, 0.3) is 0 Å². The van der Waals surface area contributed by atoms with E-state index >= 15 is 0 Å². The average molecular weight is 251 g/mol.